The van der Waals surface area contributed by atoms with Gasteiger partial charge in [-0.25, -0.2) is 0 Å². The largest absolute Gasteiger partial charge is 0.506 e. The maximum absolute atomic E-state index is 12.9. The fourth-order valence-corrected chi connectivity index (χ4v) is 5.10. The van der Waals surface area contributed by atoms with Crippen LogP contribution in [0.5, 0.6) is 11.5 Å². The van der Waals surface area contributed by atoms with E-state index < -0.39 is 26.4 Å². The zero-order valence-corrected chi connectivity index (χ0v) is 18.1. The van der Waals surface area contributed by atoms with Gasteiger partial charge in [-0.3, -0.25) is 4.55 Å². The summed E-state index contributed by atoms with van der Waals surface area (Å²) in [6, 6.07) is 11.8. The maximum Gasteiger partial charge on any atom is 0.283 e. The topological polar surface area (TPSA) is 94.8 Å². The molecule has 0 aliphatic carbocycles. The third-order valence-corrected chi connectivity index (χ3v) is 7.23. The van der Waals surface area contributed by atoms with Crippen LogP contribution in [0.2, 0.25) is 20.1 Å². The second kappa shape index (κ2) is 7.87. The van der Waals surface area contributed by atoms with Crippen molar-refractivity contribution in [1.82, 2.24) is 0 Å². The Balaban J connectivity index is 2.58. The summed E-state index contributed by atoms with van der Waals surface area (Å²) in [4.78, 5) is 0. The van der Waals surface area contributed by atoms with Gasteiger partial charge in [-0.1, -0.05) is 70.7 Å². The highest BCUT2D eigenvalue weighted by molar-refractivity contribution is 7.87. The molecular formula is C19H12Cl4O5S. The first-order chi connectivity index (χ1) is 13.5. The van der Waals surface area contributed by atoms with Crippen LogP contribution in [-0.4, -0.2) is 23.2 Å². The molecule has 1 atom stereocenters. The molecule has 3 aromatic carbocycles. The van der Waals surface area contributed by atoms with Gasteiger partial charge in [0, 0.05) is 10.6 Å². The molecule has 0 aliphatic heterocycles. The smallest absolute Gasteiger partial charge is 0.283 e. The zero-order valence-electron chi connectivity index (χ0n) is 14.3. The van der Waals surface area contributed by atoms with Crippen molar-refractivity contribution in [2.75, 3.05) is 0 Å². The minimum Gasteiger partial charge on any atom is -0.506 e. The van der Waals surface area contributed by atoms with Crippen LogP contribution < -0.4 is 0 Å². The molecule has 1 unspecified atom stereocenters. The minimum atomic E-state index is -5.06. The number of aromatic hydroxyl groups is 2. The van der Waals surface area contributed by atoms with Crippen molar-refractivity contribution in [2.24, 2.45) is 0 Å². The molecule has 0 amide bonds. The van der Waals surface area contributed by atoms with E-state index in [1.807, 2.05) is 0 Å². The Morgan fingerprint density at radius 2 is 1.41 bits per heavy atom. The first kappa shape index (κ1) is 22.0. The lowest BCUT2D eigenvalue weighted by atomic mass is 9.83. The molecular weight excluding hydrogens is 482 g/mol. The van der Waals surface area contributed by atoms with Crippen LogP contribution in [0.1, 0.15) is 16.7 Å². The van der Waals surface area contributed by atoms with Gasteiger partial charge in [-0.05, 0) is 41.5 Å². The summed E-state index contributed by atoms with van der Waals surface area (Å²) in [7, 11) is -5.06. The Morgan fingerprint density at radius 1 is 0.793 bits per heavy atom. The molecule has 3 N–H and O–H groups in total. The first-order valence-corrected chi connectivity index (χ1v) is 10.8. The lowest BCUT2D eigenvalue weighted by molar-refractivity contribution is 0.439. The van der Waals surface area contributed by atoms with Gasteiger partial charge in [0.05, 0.1) is 10.0 Å². The quantitative estimate of drug-likeness (QED) is 0.311. The minimum absolute atomic E-state index is 0.0112. The molecule has 5 nitrogen and oxygen atoms in total. The van der Waals surface area contributed by atoms with Crippen LogP contribution in [0.15, 0.2) is 54.6 Å². The molecule has 3 aromatic rings. The van der Waals surface area contributed by atoms with Crippen molar-refractivity contribution in [1.29, 1.82) is 0 Å². The summed E-state index contributed by atoms with van der Waals surface area (Å²) < 4.78 is 33.9. The van der Waals surface area contributed by atoms with Gasteiger partial charge in [0.25, 0.3) is 10.1 Å². The normalized spacial score (nSPS) is 13.8. The van der Waals surface area contributed by atoms with Gasteiger partial charge >= 0.3 is 0 Å². The van der Waals surface area contributed by atoms with Crippen LogP contribution in [0.3, 0.4) is 0 Å². The fraction of sp³-hybridized carbons (Fsp3) is 0.0526. The van der Waals surface area contributed by atoms with Crippen molar-refractivity contribution in [2.45, 2.75) is 4.75 Å². The monoisotopic (exact) mass is 492 g/mol. The molecule has 0 aromatic heterocycles. The Kier molecular flexibility index (Phi) is 5.98. The standard InChI is InChI=1S/C19H12Cl4O5S/c20-12-3-1-2-10(8-12)19(29(26,27)28,11-4-6-14(21)16(24)9-11)13-5-7-15(22)17(23)18(13)25/h1-9,24-25H,(H,26,27,28). The van der Waals surface area contributed by atoms with Crippen LogP contribution in [0.4, 0.5) is 0 Å². The molecule has 0 radical (unpaired) electrons. The van der Waals surface area contributed by atoms with E-state index in [1.54, 1.807) is 0 Å². The predicted octanol–water partition coefficient (Wildman–Crippen LogP) is 5.89. The van der Waals surface area contributed by atoms with Crippen molar-refractivity contribution < 1.29 is 23.2 Å². The van der Waals surface area contributed by atoms with E-state index in [4.69, 9.17) is 46.4 Å². The molecule has 0 saturated carbocycles. The van der Waals surface area contributed by atoms with Gasteiger partial charge in [0.15, 0.2) is 4.75 Å². The lowest BCUT2D eigenvalue weighted by Gasteiger charge is -2.33. The van der Waals surface area contributed by atoms with Crippen molar-refractivity contribution in [3.05, 3.63) is 91.4 Å². The molecule has 0 fully saturated rings. The summed E-state index contributed by atoms with van der Waals surface area (Å²) in [6.45, 7) is 0. The molecule has 0 spiro atoms. The number of benzene rings is 3. The average Bonchev–Trinajstić information content (AvgIpc) is 2.64. The molecule has 0 saturated heterocycles. The van der Waals surface area contributed by atoms with E-state index >= 15 is 0 Å². The van der Waals surface area contributed by atoms with Crippen molar-refractivity contribution in [3.63, 3.8) is 0 Å². The Labute approximate surface area is 186 Å². The Morgan fingerprint density at radius 3 is 2.00 bits per heavy atom. The number of halogens is 4. The Hall–Kier alpha value is -1.67. The summed E-state index contributed by atoms with van der Waals surface area (Å²) >= 11 is 23.9. The van der Waals surface area contributed by atoms with E-state index in [0.29, 0.717) is 0 Å². The molecule has 152 valence electrons. The molecule has 0 heterocycles. The zero-order chi connectivity index (χ0) is 21.6. The number of rotatable bonds is 4. The van der Waals surface area contributed by atoms with Crippen LogP contribution in [0, 0.1) is 0 Å². The van der Waals surface area contributed by atoms with Gasteiger partial charge in [-0.2, -0.15) is 8.42 Å². The van der Waals surface area contributed by atoms with Crippen molar-refractivity contribution >= 4 is 56.5 Å². The van der Waals surface area contributed by atoms with E-state index in [1.165, 1.54) is 48.5 Å². The first-order valence-electron chi connectivity index (χ1n) is 7.89. The average molecular weight is 494 g/mol. The van der Waals surface area contributed by atoms with Gasteiger partial charge in [0.2, 0.25) is 0 Å². The summed E-state index contributed by atoms with van der Waals surface area (Å²) in [5, 5.41) is 20.6. The second-order valence-electron chi connectivity index (χ2n) is 6.09. The number of hydrogen-bond acceptors (Lipinski definition) is 4. The van der Waals surface area contributed by atoms with E-state index in [2.05, 4.69) is 0 Å². The van der Waals surface area contributed by atoms with Crippen molar-refractivity contribution in [3.8, 4) is 11.5 Å². The molecule has 10 heteroatoms. The third-order valence-electron chi connectivity index (χ3n) is 4.42. The maximum atomic E-state index is 12.9. The van der Waals surface area contributed by atoms with E-state index in [0.717, 1.165) is 6.07 Å². The van der Waals surface area contributed by atoms with Crippen LogP contribution >= 0.6 is 46.4 Å². The van der Waals surface area contributed by atoms with Gasteiger partial charge in [-0.15, -0.1) is 0 Å². The number of phenols is 2. The summed E-state index contributed by atoms with van der Waals surface area (Å²) in [5.41, 5.74) is -0.417. The Bertz CT molecular complexity index is 1210. The highest BCUT2D eigenvalue weighted by atomic mass is 35.5. The lowest BCUT2D eigenvalue weighted by Crippen LogP contribution is -2.38. The predicted molar refractivity (Wildman–Crippen MR) is 114 cm³/mol. The molecule has 29 heavy (non-hydrogen) atoms. The van der Waals surface area contributed by atoms with Crippen LogP contribution in [-0.2, 0) is 14.9 Å². The molecule has 0 bridgehead atoms. The van der Waals surface area contributed by atoms with E-state index in [-0.39, 0.29) is 36.8 Å². The van der Waals surface area contributed by atoms with E-state index in [9.17, 15) is 23.2 Å². The third kappa shape index (κ3) is 3.65. The number of hydrogen-bond donors (Lipinski definition) is 3. The summed E-state index contributed by atoms with van der Waals surface area (Å²) in [5.74, 6) is -1.09. The van der Waals surface area contributed by atoms with Gasteiger partial charge in [0.1, 0.15) is 16.5 Å². The fourth-order valence-electron chi connectivity index (χ4n) is 3.18. The molecule has 3 rings (SSSR count). The highest BCUT2D eigenvalue weighted by Gasteiger charge is 2.50. The number of phenolic OH excluding ortho intramolecular Hbond substituents is 2. The SMILES string of the molecule is O=S(=O)(O)C(c1cccc(Cl)c1)(c1ccc(Cl)c(O)c1)c1ccc(Cl)c(Cl)c1O. The van der Waals surface area contributed by atoms with Gasteiger partial charge < -0.3 is 10.2 Å². The second-order valence-corrected chi connectivity index (χ2v) is 9.28. The molecule has 0 aliphatic rings. The highest BCUT2D eigenvalue weighted by Crippen LogP contribution is 2.51. The summed E-state index contributed by atoms with van der Waals surface area (Å²) in [6.07, 6.45) is 0. The van der Waals surface area contributed by atoms with Crippen LogP contribution in [0.25, 0.3) is 0 Å².